The predicted octanol–water partition coefficient (Wildman–Crippen LogP) is 0.435. The van der Waals surface area contributed by atoms with Crippen molar-refractivity contribution in [3.63, 3.8) is 0 Å². The number of amides is 1. The number of phenolic OH excluding ortho intramolecular Hbond substituents is 2. The average Bonchev–Trinajstić information content (AvgIpc) is 2.62. The maximum absolute atomic E-state index is 12.0. The van der Waals surface area contributed by atoms with Gasteiger partial charge in [0.25, 0.3) is 11.6 Å². The highest BCUT2D eigenvalue weighted by Gasteiger charge is 2.16. The third-order valence-electron chi connectivity index (χ3n) is 3.19. The monoisotopic (exact) mass is 394 g/mol. The number of phenols is 2. The summed E-state index contributed by atoms with van der Waals surface area (Å²) in [4.78, 5) is 21.3. The first-order valence-electron chi connectivity index (χ1n) is 7.27. The fourth-order valence-corrected chi connectivity index (χ4v) is 2.83. The van der Waals surface area contributed by atoms with Gasteiger partial charge in [0, 0.05) is 23.8 Å². The Kier molecular flexibility index (Phi) is 6.05. The van der Waals surface area contributed by atoms with Crippen LogP contribution >= 0.6 is 0 Å². The van der Waals surface area contributed by atoms with Crippen LogP contribution in [0.4, 0.5) is 5.69 Å². The Morgan fingerprint density at radius 1 is 1.19 bits per heavy atom. The van der Waals surface area contributed by atoms with E-state index in [1.54, 1.807) is 0 Å². The Labute approximate surface area is 153 Å². The summed E-state index contributed by atoms with van der Waals surface area (Å²) in [5, 5.41) is 32.8. The zero-order chi connectivity index (χ0) is 20.0. The number of carbonyl (C=O) groups is 1. The molecule has 0 saturated carbocycles. The molecule has 0 spiro atoms. The van der Waals surface area contributed by atoms with Gasteiger partial charge in [-0.2, -0.15) is 5.10 Å². The number of hydrazone groups is 1. The van der Waals surface area contributed by atoms with Crippen molar-refractivity contribution in [2.45, 2.75) is 4.90 Å². The number of benzene rings is 2. The SMILES string of the molecule is O=C(CNS(=O)(=O)c1ccc([N+](=O)[O-])cc1)N/N=C/c1ccc(O)cc1O. The maximum atomic E-state index is 12.0. The molecule has 2 aromatic carbocycles. The van der Waals surface area contributed by atoms with Crippen molar-refractivity contribution < 1.29 is 28.3 Å². The largest absolute Gasteiger partial charge is 0.508 e. The first kappa shape index (κ1) is 19.8. The first-order chi connectivity index (χ1) is 12.7. The normalized spacial score (nSPS) is 11.4. The average molecular weight is 394 g/mol. The lowest BCUT2D eigenvalue weighted by molar-refractivity contribution is -0.384. The zero-order valence-electron chi connectivity index (χ0n) is 13.6. The van der Waals surface area contributed by atoms with Gasteiger partial charge >= 0.3 is 0 Å². The molecule has 27 heavy (non-hydrogen) atoms. The Bertz CT molecular complexity index is 988. The van der Waals surface area contributed by atoms with Gasteiger partial charge in [-0.25, -0.2) is 18.6 Å². The number of rotatable bonds is 7. The van der Waals surface area contributed by atoms with Crippen LogP contribution in [0.1, 0.15) is 5.56 Å². The van der Waals surface area contributed by atoms with Crippen LogP contribution in [-0.4, -0.2) is 42.2 Å². The van der Waals surface area contributed by atoms with Gasteiger partial charge < -0.3 is 10.2 Å². The van der Waals surface area contributed by atoms with Gasteiger partial charge in [-0.3, -0.25) is 14.9 Å². The molecule has 0 aliphatic rings. The summed E-state index contributed by atoms with van der Waals surface area (Å²) < 4.78 is 26.1. The van der Waals surface area contributed by atoms with Gasteiger partial charge in [0.2, 0.25) is 10.0 Å². The minimum atomic E-state index is -4.04. The Morgan fingerprint density at radius 3 is 2.44 bits per heavy atom. The van der Waals surface area contributed by atoms with Crippen LogP contribution in [0.15, 0.2) is 52.5 Å². The van der Waals surface area contributed by atoms with Gasteiger partial charge in [0.1, 0.15) is 11.5 Å². The number of nitro groups is 1. The van der Waals surface area contributed by atoms with E-state index >= 15 is 0 Å². The van der Waals surface area contributed by atoms with Crippen LogP contribution in [0.3, 0.4) is 0 Å². The van der Waals surface area contributed by atoms with E-state index < -0.39 is 27.4 Å². The first-order valence-corrected chi connectivity index (χ1v) is 8.75. The molecule has 0 atom stereocenters. The molecule has 0 bridgehead atoms. The maximum Gasteiger partial charge on any atom is 0.269 e. The summed E-state index contributed by atoms with van der Waals surface area (Å²) >= 11 is 0. The minimum Gasteiger partial charge on any atom is -0.508 e. The van der Waals surface area contributed by atoms with Crippen molar-refractivity contribution in [2.75, 3.05) is 6.54 Å². The van der Waals surface area contributed by atoms with Gasteiger partial charge in [-0.1, -0.05) is 0 Å². The Morgan fingerprint density at radius 2 is 1.85 bits per heavy atom. The van der Waals surface area contributed by atoms with Crippen LogP contribution < -0.4 is 10.1 Å². The lowest BCUT2D eigenvalue weighted by atomic mass is 10.2. The number of hydrogen-bond donors (Lipinski definition) is 4. The number of nitrogens with one attached hydrogen (secondary N) is 2. The van der Waals surface area contributed by atoms with Crippen molar-refractivity contribution in [3.05, 3.63) is 58.1 Å². The second-order valence-corrected chi connectivity index (χ2v) is 6.88. The van der Waals surface area contributed by atoms with Crippen molar-refractivity contribution in [2.24, 2.45) is 5.10 Å². The molecule has 2 rings (SSSR count). The van der Waals surface area contributed by atoms with Crippen LogP contribution in [0.5, 0.6) is 11.5 Å². The van der Waals surface area contributed by atoms with Gasteiger partial charge in [0.05, 0.1) is 22.6 Å². The molecule has 0 aliphatic carbocycles. The fraction of sp³-hybridized carbons (Fsp3) is 0.0667. The van der Waals surface area contributed by atoms with E-state index in [0.29, 0.717) is 0 Å². The summed E-state index contributed by atoms with van der Waals surface area (Å²) in [5.74, 6) is -1.18. The Balaban J connectivity index is 1.92. The van der Waals surface area contributed by atoms with Crippen LogP contribution in [0.2, 0.25) is 0 Å². The summed E-state index contributed by atoms with van der Waals surface area (Å²) in [6, 6.07) is 7.90. The predicted molar refractivity (Wildman–Crippen MR) is 93.8 cm³/mol. The molecule has 11 nitrogen and oxygen atoms in total. The topological polar surface area (TPSA) is 171 Å². The number of non-ortho nitro benzene ring substituents is 1. The number of sulfonamides is 1. The number of aromatic hydroxyl groups is 2. The minimum absolute atomic E-state index is 0.144. The van der Waals surface area contributed by atoms with Crippen LogP contribution in [0, 0.1) is 10.1 Å². The van der Waals surface area contributed by atoms with E-state index in [9.17, 15) is 28.4 Å². The van der Waals surface area contributed by atoms with Crippen molar-refractivity contribution in [1.29, 1.82) is 0 Å². The summed E-state index contributed by atoms with van der Waals surface area (Å²) in [5.41, 5.74) is 2.02. The van der Waals surface area contributed by atoms with Crippen molar-refractivity contribution in [3.8, 4) is 11.5 Å². The second kappa shape index (κ2) is 8.25. The molecule has 0 aliphatic heterocycles. The summed E-state index contributed by atoms with van der Waals surface area (Å²) in [7, 11) is -4.04. The summed E-state index contributed by atoms with van der Waals surface area (Å²) in [6.45, 7) is -0.627. The molecular formula is C15H14N4O7S. The molecule has 0 radical (unpaired) electrons. The third-order valence-corrected chi connectivity index (χ3v) is 4.60. The molecule has 0 aromatic heterocycles. The second-order valence-electron chi connectivity index (χ2n) is 5.11. The molecule has 2 aromatic rings. The van der Waals surface area contributed by atoms with Gasteiger partial charge in [0.15, 0.2) is 0 Å². The van der Waals surface area contributed by atoms with E-state index in [0.717, 1.165) is 36.5 Å². The number of nitro benzene ring substituents is 1. The van der Waals surface area contributed by atoms with E-state index in [1.807, 2.05) is 4.72 Å². The van der Waals surface area contributed by atoms with E-state index in [-0.39, 0.29) is 27.6 Å². The van der Waals surface area contributed by atoms with E-state index in [4.69, 9.17) is 5.11 Å². The fourth-order valence-electron chi connectivity index (χ4n) is 1.85. The van der Waals surface area contributed by atoms with E-state index in [1.165, 1.54) is 12.1 Å². The molecule has 0 heterocycles. The van der Waals surface area contributed by atoms with E-state index in [2.05, 4.69) is 10.5 Å². The number of carbonyl (C=O) groups excluding carboxylic acids is 1. The van der Waals surface area contributed by atoms with Gasteiger partial charge in [-0.05, 0) is 24.3 Å². The highest BCUT2D eigenvalue weighted by molar-refractivity contribution is 7.89. The Hall–Kier alpha value is -3.51. The van der Waals surface area contributed by atoms with Crippen molar-refractivity contribution >= 4 is 27.8 Å². The van der Waals surface area contributed by atoms with Gasteiger partial charge in [-0.15, -0.1) is 0 Å². The number of hydrogen-bond acceptors (Lipinski definition) is 8. The smallest absolute Gasteiger partial charge is 0.269 e. The molecule has 0 unspecified atom stereocenters. The molecular weight excluding hydrogens is 380 g/mol. The molecule has 4 N–H and O–H groups in total. The molecule has 12 heteroatoms. The van der Waals surface area contributed by atoms with Crippen LogP contribution in [-0.2, 0) is 14.8 Å². The lowest BCUT2D eigenvalue weighted by Gasteiger charge is -2.05. The molecule has 1 amide bonds. The molecule has 0 saturated heterocycles. The standard InChI is InChI=1S/C15H14N4O7S/c20-12-4-1-10(14(21)7-12)8-16-18-15(22)9-17-27(25,26)13-5-2-11(3-6-13)19(23)24/h1-8,17,20-21H,9H2,(H,18,22)/b16-8+. The molecule has 0 fully saturated rings. The van der Waals surface area contributed by atoms with Crippen molar-refractivity contribution in [1.82, 2.24) is 10.1 Å². The highest BCUT2D eigenvalue weighted by atomic mass is 32.2. The highest BCUT2D eigenvalue weighted by Crippen LogP contribution is 2.20. The zero-order valence-corrected chi connectivity index (χ0v) is 14.4. The molecule has 142 valence electrons. The summed E-state index contributed by atoms with van der Waals surface area (Å²) in [6.07, 6.45) is 1.11. The number of nitrogens with zero attached hydrogens (tertiary/aromatic N) is 2. The van der Waals surface area contributed by atoms with Crippen LogP contribution in [0.25, 0.3) is 0 Å². The lowest BCUT2D eigenvalue weighted by Crippen LogP contribution is -2.34. The quantitative estimate of drug-likeness (QED) is 0.299. The third kappa shape index (κ3) is 5.49.